The Morgan fingerprint density at radius 1 is 1.12 bits per heavy atom. The van der Waals surface area contributed by atoms with E-state index in [0.717, 1.165) is 12.8 Å². The van der Waals surface area contributed by atoms with E-state index in [2.05, 4.69) is 15.5 Å². The topological polar surface area (TPSA) is 91.1 Å². The lowest BCUT2D eigenvalue weighted by molar-refractivity contribution is 0.130. The Morgan fingerprint density at radius 3 is 2.54 bits per heavy atom. The molecule has 0 saturated carbocycles. The van der Waals surface area contributed by atoms with Crippen molar-refractivity contribution in [3.8, 4) is 29.0 Å². The third-order valence-electron chi connectivity index (χ3n) is 4.76. The molecular weight excluding hydrogens is 304 g/mol. The zero-order valence-electron chi connectivity index (χ0n) is 13.1. The van der Waals surface area contributed by atoms with Crippen LogP contribution in [0.2, 0.25) is 0 Å². The number of nitriles is 1. The Kier molecular flexibility index (Phi) is 3.79. The summed E-state index contributed by atoms with van der Waals surface area (Å²) >= 11 is 0. The Hall–Kier alpha value is -2.65. The summed E-state index contributed by atoms with van der Waals surface area (Å²) in [6.45, 7) is 0. The van der Waals surface area contributed by atoms with E-state index in [9.17, 15) is 5.11 Å². The first-order valence-corrected chi connectivity index (χ1v) is 8.21. The van der Waals surface area contributed by atoms with Gasteiger partial charge in [-0.1, -0.05) is 0 Å². The molecule has 2 aliphatic rings. The van der Waals surface area contributed by atoms with Crippen LogP contribution in [0.4, 0.5) is 0 Å². The molecule has 2 aromatic rings. The van der Waals surface area contributed by atoms with Crippen molar-refractivity contribution in [2.75, 3.05) is 0 Å². The highest BCUT2D eigenvalue weighted by Gasteiger charge is 2.34. The SMILES string of the molecule is N#Cc1ccc(-c2ccc(OC3CC4CCC(C3)N4)nn2)c(O)c1. The maximum Gasteiger partial charge on any atom is 0.233 e. The van der Waals surface area contributed by atoms with Gasteiger partial charge in [-0.3, -0.25) is 0 Å². The molecule has 3 heterocycles. The van der Waals surface area contributed by atoms with E-state index in [1.54, 1.807) is 24.3 Å². The largest absolute Gasteiger partial charge is 0.507 e. The van der Waals surface area contributed by atoms with Crippen LogP contribution in [0.5, 0.6) is 11.6 Å². The Morgan fingerprint density at radius 2 is 1.92 bits per heavy atom. The predicted molar refractivity (Wildman–Crippen MR) is 87.4 cm³/mol. The minimum Gasteiger partial charge on any atom is -0.507 e. The Labute approximate surface area is 140 Å². The van der Waals surface area contributed by atoms with Gasteiger partial charge in [0.25, 0.3) is 0 Å². The van der Waals surface area contributed by atoms with Crippen LogP contribution in [0, 0.1) is 11.3 Å². The smallest absolute Gasteiger partial charge is 0.233 e. The fourth-order valence-corrected chi connectivity index (χ4v) is 3.62. The third kappa shape index (κ3) is 2.91. The lowest BCUT2D eigenvalue weighted by atomic mass is 10.0. The minimum atomic E-state index is 0.0203. The number of aromatic hydroxyl groups is 1. The molecule has 0 spiro atoms. The molecule has 122 valence electrons. The molecule has 6 heteroatoms. The van der Waals surface area contributed by atoms with Crippen molar-refractivity contribution in [1.82, 2.24) is 15.5 Å². The maximum atomic E-state index is 10.0. The molecule has 24 heavy (non-hydrogen) atoms. The Balaban J connectivity index is 1.48. The molecule has 2 aliphatic heterocycles. The van der Waals surface area contributed by atoms with Gasteiger partial charge in [-0.15, -0.1) is 10.2 Å². The molecule has 2 fully saturated rings. The van der Waals surface area contributed by atoms with Crippen molar-refractivity contribution in [3.63, 3.8) is 0 Å². The predicted octanol–water partition coefficient (Wildman–Crippen LogP) is 2.38. The van der Waals surface area contributed by atoms with Gasteiger partial charge in [0, 0.05) is 23.7 Å². The van der Waals surface area contributed by atoms with E-state index < -0.39 is 0 Å². The van der Waals surface area contributed by atoms with E-state index in [-0.39, 0.29) is 11.9 Å². The molecule has 6 nitrogen and oxygen atoms in total. The molecule has 2 N–H and O–H groups in total. The summed E-state index contributed by atoms with van der Waals surface area (Å²) in [6.07, 6.45) is 4.67. The van der Waals surface area contributed by atoms with Gasteiger partial charge in [0.05, 0.1) is 17.3 Å². The van der Waals surface area contributed by atoms with Gasteiger partial charge in [-0.2, -0.15) is 5.26 Å². The molecule has 0 aliphatic carbocycles. The zero-order valence-corrected chi connectivity index (χ0v) is 13.1. The van der Waals surface area contributed by atoms with Gasteiger partial charge in [0.2, 0.25) is 5.88 Å². The number of ether oxygens (including phenoxy) is 1. The van der Waals surface area contributed by atoms with Crippen LogP contribution < -0.4 is 10.1 Å². The first kappa shape index (κ1) is 14.9. The standard InChI is InChI=1S/C18H18N4O2/c19-10-11-1-4-15(17(23)7-11)16-5-6-18(22-21-16)24-14-8-12-2-3-13(9-14)20-12/h1,4-7,12-14,20,23H,2-3,8-9H2. The highest BCUT2D eigenvalue weighted by molar-refractivity contribution is 5.67. The maximum absolute atomic E-state index is 10.0. The Bertz CT molecular complexity index is 773. The van der Waals surface area contributed by atoms with Crippen molar-refractivity contribution < 1.29 is 9.84 Å². The van der Waals surface area contributed by atoms with E-state index >= 15 is 0 Å². The van der Waals surface area contributed by atoms with Crippen molar-refractivity contribution in [2.45, 2.75) is 43.9 Å². The quantitative estimate of drug-likeness (QED) is 0.901. The van der Waals surface area contributed by atoms with Crippen LogP contribution in [-0.4, -0.2) is 33.5 Å². The van der Waals surface area contributed by atoms with E-state index in [1.165, 1.54) is 18.9 Å². The van der Waals surface area contributed by atoms with Gasteiger partial charge in [-0.25, -0.2) is 0 Å². The van der Waals surface area contributed by atoms with Crippen LogP contribution in [0.15, 0.2) is 30.3 Å². The van der Waals surface area contributed by atoms with Crippen LogP contribution in [-0.2, 0) is 0 Å². The molecule has 2 unspecified atom stereocenters. The lowest BCUT2D eigenvalue weighted by Crippen LogP contribution is -2.42. The molecule has 0 amide bonds. The van der Waals surface area contributed by atoms with E-state index in [1.807, 2.05) is 6.07 Å². The first-order chi connectivity index (χ1) is 11.7. The number of phenols is 1. The van der Waals surface area contributed by atoms with Gasteiger partial charge in [-0.05, 0) is 49.9 Å². The number of benzene rings is 1. The van der Waals surface area contributed by atoms with E-state index in [4.69, 9.17) is 10.00 Å². The second kappa shape index (κ2) is 6.10. The van der Waals surface area contributed by atoms with Gasteiger partial charge in [0.15, 0.2) is 0 Å². The molecule has 0 radical (unpaired) electrons. The second-order valence-electron chi connectivity index (χ2n) is 6.45. The summed E-state index contributed by atoms with van der Waals surface area (Å²) in [6, 6.07) is 11.4. The molecule has 1 aromatic carbocycles. The summed E-state index contributed by atoms with van der Waals surface area (Å²) in [5.41, 5.74) is 1.51. The van der Waals surface area contributed by atoms with E-state index in [0.29, 0.717) is 34.8 Å². The van der Waals surface area contributed by atoms with Crippen LogP contribution in [0.3, 0.4) is 0 Å². The van der Waals surface area contributed by atoms with Crippen molar-refractivity contribution in [2.24, 2.45) is 0 Å². The summed E-state index contributed by atoms with van der Waals surface area (Å²) in [5.74, 6) is 0.533. The number of aromatic nitrogens is 2. The number of fused-ring (bicyclic) bond motifs is 2. The number of nitrogens with zero attached hydrogens (tertiary/aromatic N) is 3. The highest BCUT2D eigenvalue weighted by Crippen LogP contribution is 2.31. The number of piperidine rings is 1. The summed E-state index contributed by atoms with van der Waals surface area (Å²) < 4.78 is 5.97. The molecule has 1 aromatic heterocycles. The lowest BCUT2D eigenvalue weighted by Gasteiger charge is -2.28. The molecule has 2 bridgehead atoms. The van der Waals surface area contributed by atoms with Gasteiger partial charge >= 0.3 is 0 Å². The minimum absolute atomic E-state index is 0.0203. The molecule has 2 atom stereocenters. The van der Waals surface area contributed by atoms with Gasteiger partial charge in [0.1, 0.15) is 11.9 Å². The van der Waals surface area contributed by atoms with Gasteiger partial charge < -0.3 is 15.2 Å². The number of hydrogen-bond acceptors (Lipinski definition) is 6. The average molecular weight is 322 g/mol. The summed E-state index contributed by atoms with van der Waals surface area (Å²) in [5, 5.41) is 30.7. The average Bonchev–Trinajstić information content (AvgIpc) is 2.94. The monoisotopic (exact) mass is 322 g/mol. The van der Waals surface area contributed by atoms with Crippen LogP contribution in [0.1, 0.15) is 31.2 Å². The zero-order chi connectivity index (χ0) is 16.5. The number of hydrogen-bond donors (Lipinski definition) is 2. The number of phenolic OH excluding ortho intramolecular Hbond substituents is 1. The second-order valence-corrected chi connectivity index (χ2v) is 6.45. The molecule has 4 rings (SSSR count). The van der Waals surface area contributed by atoms with Crippen molar-refractivity contribution in [3.05, 3.63) is 35.9 Å². The molecule has 2 saturated heterocycles. The molecular formula is C18H18N4O2. The highest BCUT2D eigenvalue weighted by atomic mass is 16.5. The van der Waals surface area contributed by atoms with Crippen LogP contribution >= 0.6 is 0 Å². The summed E-state index contributed by atoms with van der Waals surface area (Å²) in [4.78, 5) is 0. The van der Waals surface area contributed by atoms with Crippen molar-refractivity contribution >= 4 is 0 Å². The normalized spacial score (nSPS) is 25.2. The number of rotatable bonds is 3. The fourth-order valence-electron chi connectivity index (χ4n) is 3.62. The first-order valence-electron chi connectivity index (χ1n) is 8.21. The third-order valence-corrected chi connectivity index (χ3v) is 4.76. The number of nitrogens with one attached hydrogen (secondary N) is 1. The fraction of sp³-hybridized carbons (Fsp3) is 0.389. The van der Waals surface area contributed by atoms with Crippen molar-refractivity contribution in [1.29, 1.82) is 5.26 Å². The summed E-state index contributed by atoms with van der Waals surface area (Å²) in [7, 11) is 0. The van der Waals surface area contributed by atoms with Crippen LogP contribution in [0.25, 0.3) is 11.3 Å².